The number of fused-ring (bicyclic) bond motifs is 1. The Morgan fingerprint density at radius 1 is 1.00 bits per heavy atom. The number of phenolic OH excluding ortho intramolecular Hbond substituents is 1. The van der Waals surface area contributed by atoms with E-state index in [2.05, 4.69) is 11.4 Å². The molecule has 2 unspecified atom stereocenters. The lowest BCUT2D eigenvalue weighted by atomic mass is 9.97. The van der Waals surface area contributed by atoms with Crippen LogP contribution in [0.2, 0.25) is 0 Å². The minimum atomic E-state index is -0.734. The average molecular weight is 502 g/mol. The Bertz CT molecular complexity index is 1290. The van der Waals surface area contributed by atoms with Crippen molar-refractivity contribution in [3.05, 3.63) is 77.9 Å². The third-order valence-electron chi connectivity index (χ3n) is 6.96. The average Bonchev–Trinajstić information content (AvgIpc) is 2.98. The molecule has 1 heterocycles. The van der Waals surface area contributed by atoms with Crippen molar-refractivity contribution in [2.75, 3.05) is 13.6 Å². The van der Waals surface area contributed by atoms with Gasteiger partial charge in [-0.2, -0.15) is 0 Å². The number of nitrogens with one attached hydrogen (secondary N) is 1. The number of phenols is 1. The van der Waals surface area contributed by atoms with Gasteiger partial charge in [-0.3, -0.25) is 14.4 Å². The van der Waals surface area contributed by atoms with Crippen LogP contribution >= 0.6 is 0 Å². The predicted molar refractivity (Wildman–Crippen MR) is 144 cm³/mol. The van der Waals surface area contributed by atoms with Crippen LogP contribution in [-0.4, -0.2) is 58.3 Å². The molecule has 194 valence electrons. The largest absolute Gasteiger partial charge is 0.508 e. The van der Waals surface area contributed by atoms with Gasteiger partial charge in [-0.05, 0) is 46.4 Å². The number of amides is 3. The fraction of sp³-hybridized carbons (Fsp3) is 0.367. The first-order valence-electron chi connectivity index (χ1n) is 12.8. The number of carbonyl (C=O) groups excluding carboxylic acids is 3. The zero-order valence-corrected chi connectivity index (χ0v) is 21.7. The lowest BCUT2D eigenvalue weighted by Crippen LogP contribution is -2.54. The molecule has 37 heavy (non-hydrogen) atoms. The van der Waals surface area contributed by atoms with Crippen LogP contribution in [0, 0.1) is 5.92 Å². The summed E-state index contributed by atoms with van der Waals surface area (Å²) in [7, 11) is 1.57. The Labute approximate surface area is 218 Å². The van der Waals surface area contributed by atoms with Crippen molar-refractivity contribution >= 4 is 28.5 Å². The molecule has 3 amide bonds. The molecule has 7 nitrogen and oxygen atoms in total. The smallest absolute Gasteiger partial charge is 0.246 e. The van der Waals surface area contributed by atoms with E-state index in [0.717, 1.165) is 21.9 Å². The molecule has 1 fully saturated rings. The molecule has 0 saturated carbocycles. The molecule has 2 N–H and O–H groups in total. The van der Waals surface area contributed by atoms with Gasteiger partial charge in [-0.15, -0.1) is 0 Å². The minimum Gasteiger partial charge on any atom is -0.508 e. The van der Waals surface area contributed by atoms with Gasteiger partial charge in [0.1, 0.15) is 17.8 Å². The molecule has 0 aromatic heterocycles. The molecule has 2 atom stereocenters. The third-order valence-corrected chi connectivity index (χ3v) is 6.96. The SMILES string of the molecule is CNC(=O)C(Cc1ccc2ccccc2c1)N1CCC(=O)N(Cc2cccc(O)c2)C(CC(C)C)C1=O. The lowest BCUT2D eigenvalue weighted by molar-refractivity contribution is -0.146. The van der Waals surface area contributed by atoms with Crippen LogP contribution in [0.25, 0.3) is 10.8 Å². The molecule has 0 bridgehead atoms. The summed E-state index contributed by atoms with van der Waals surface area (Å²) >= 11 is 0. The van der Waals surface area contributed by atoms with Gasteiger partial charge < -0.3 is 20.2 Å². The lowest BCUT2D eigenvalue weighted by Gasteiger charge is -2.35. The van der Waals surface area contributed by atoms with Crippen molar-refractivity contribution in [1.29, 1.82) is 0 Å². The summed E-state index contributed by atoms with van der Waals surface area (Å²) < 4.78 is 0. The number of benzene rings is 3. The van der Waals surface area contributed by atoms with Crippen LogP contribution in [0.3, 0.4) is 0 Å². The fourth-order valence-corrected chi connectivity index (χ4v) is 5.10. The first-order valence-corrected chi connectivity index (χ1v) is 12.8. The van der Waals surface area contributed by atoms with Crippen LogP contribution in [-0.2, 0) is 27.3 Å². The molecule has 4 rings (SSSR count). The molecule has 1 aliphatic rings. The minimum absolute atomic E-state index is 0.114. The standard InChI is InChI=1S/C30H35N3O4/c1-20(2)15-27-30(37)32(14-13-28(35)33(27)19-22-7-6-10-25(34)17-22)26(29(36)31-3)18-21-11-12-23-8-4-5-9-24(23)16-21/h4-12,16-17,20,26-27,34H,13-15,18-19H2,1-3H3,(H,31,36). The monoisotopic (exact) mass is 501 g/mol. The summed E-state index contributed by atoms with van der Waals surface area (Å²) in [4.78, 5) is 43.7. The summed E-state index contributed by atoms with van der Waals surface area (Å²) in [5.74, 6) is -0.325. The van der Waals surface area contributed by atoms with E-state index in [1.807, 2.05) is 56.3 Å². The van der Waals surface area contributed by atoms with Gasteiger partial charge in [0.25, 0.3) is 0 Å². The second-order valence-corrected chi connectivity index (χ2v) is 10.1. The Morgan fingerprint density at radius 2 is 1.76 bits per heavy atom. The summed E-state index contributed by atoms with van der Waals surface area (Å²) in [6.45, 7) is 4.43. The highest BCUT2D eigenvalue weighted by Crippen LogP contribution is 2.26. The Kier molecular flexibility index (Phi) is 8.11. The second-order valence-electron chi connectivity index (χ2n) is 10.1. The number of hydrogen-bond donors (Lipinski definition) is 2. The topological polar surface area (TPSA) is 90.0 Å². The van der Waals surface area contributed by atoms with Gasteiger partial charge in [-0.25, -0.2) is 0 Å². The highest BCUT2D eigenvalue weighted by atomic mass is 16.3. The quantitative estimate of drug-likeness (QED) is 0.490. The van der Waals surface area contributed by atoms with Crippen molar-refractivity contribution in [3.8, 4) is 5.75 Å². The Balaban J connectivity index is 1.66. The van der Waals surface area contributed by atoms with E-state index in [4.69, 9.17) is 0 Å². The van der Waals surface area contributed by atoms with E-state index in [1.54, 1.807) is 35.0 Å². The number of carbonyl (C=O) groups is 3. The van der Waals surface area contributed by atoms with Crippen LogP contribution < -0.4 is 5.32 Å². The Hall–Kier alpha value is -3.87. The zero-order valence-electron chi connectivity index (χ0n) is 21.7. The summed E-state index contributed by atoms with van der Waals surface area (Å²) in [5, 5.41) is 14.8. The number of rotatable bonds is 8. The maximum Gasteiger partial charge on any atom is 0.246 e. The van der Waals surface area contributed by atoms with Crippen molar-refractivity contribution < 1.29 is 19.5 Å². The maximum atomic E-state index is 14.1. The van der Waals surface area contributed by atoms with Crippen molar-refractivity contribution in [1.82, 2.24) is 15.1 Å². The van der Waals surface area contributed by atoms with Gasteiger partial charge in [-0.1, -0.05) is 68.4 Å². The van der Waals surface area contributed by atoms with E-state index in [1.165, 1.54) is 0 Å². The van der Waals surface area contributed by atoms with Gasteiger partial charge >= 0.3 is 0 Å². The van der Waals surface area contributed by atoms with E-state index >= 15 is 0 Å². The van der Waals surface area contributed by atoms with E-state index in [9.17, 15) is 19.5 Å². The van der Waals surface area contributed by atoms with Crippen LogP contribution in [0.1, 0.15) is 37.8 Å². The van der Waals surface area contributed by atoms with Crippen molar-refractivity contribution in [3.63, 3.8) is 0 Å². The van der Waals surface area contributed by atoms with Gasteiger partial charge in [0.2, 0.25) is 17.7 Å². The number of aromatic hydroxyl groups is 1. The molecule has 3 aromatic rings. The normalized spacial score (nSPS) is 17.2. The maximum absolute atomic E-state index is 14.1. The summed E-state index contributed by atoms with van der Waals surface area (Å²) in [6.07, 6.45) is 0.964. The first kappa shape index (κ1) is 26.2. The number of hydrogen-bond acceptors (Lipinski definition) is 4. The van der Waals surface area contributed by atoms with Crippen molar-refractivity contribution in [2.45, 2.75) is 51.7 Å². The highest BCUT2D eigenvalue weighted by molar-refractivity contribution is 5.94. The highest BCUT2D eigenvalue weighted by Gasteiger charge is 2.41. The second kappa shape index (κ2) is 11.5. The molecule has 1 saturated heterocycles. The molecule has 0 spiro atoms. The van der Waals surface area contributed by atoms with E-state index in [-0.39, 0.29) is 48.9 Å². The molecular weight excluding hydrogens is 466 g/mol. The fourth-order valence-electron chi connectivity index (χ4n) is 5.10. The molecule has 3 aromatic carbocycles. The van der Waals surface area contributed by atoms with E-state index < -0.39 is 12.1 Å². The number of likely N-dealkylation sites (N-methyl/N-ethyl adjacent to an activating group) is 1. The summed E-state index contributed by atoms with van der Waals surface area (Å²) in [5.41, 5.74) is 1.70. The Morgan fingerprint density at radius 3 is 2.46 bits per heavy atom. The number of nitrogens with zero attached hydrogens (tertiary/aromatic N) is 2. The first-order chi connectivity index (χ1) is 17.8. The van der Waals surface area contributed by atoms with Gasteiger partial charge in [0.05, 0.1) is 0 Å². The molecule has 0 aliphatic carbocycles. The third kappa shape index (κ3) is 6.10. The predicted octanol–water partition coefficient (Wildman–Crippen LogP) is 3.88. The zero-order chi connectivity index (χ0) is 26.5. The van der Waals surface area contributed by atoms with Crippen LogP contribution in [0.4, 0.5) is 0 Å². The summed E-state index contributed by atoms with van der Waals surface area (Å²) in [6, 6.07) is 19.4. The van der Waals surface area contributed by atoms with Crippen molar-refractivity contribution in [2.24, 2.45) is 5.92 Å². The van der Waals surface area contributed by atoms with Crippen LogP contribution in [0.5, 0.6) is 5.75 Å². The van der Waals surface area contributed by atoms with Crippen LogP contribution in [0.15, 0.2) is 66.7 Å². The molecule has 0 radical (unpaired) electrons. The molecule has 1 aliphatic heterocycles. The van der Waals surface area contributed by atoms with Gasteiger partial charge in [0, 0.05) is 33.0 Å². The molecular formula is C30H35N3O4. The van der Waals surface area contributed by atoms with Gasteiger partial charge in [0.15, 0.2) is 0 Å². The van der Waals surface area contributed by atoms with E-state index in [0.29, 0.717) is 12.8 Å². The molecule has 7 heteroatoms.